The van der Waals surface area contributed by atoms with Gasteiger partial charge in [-0.3, -0.25) is 0 Å². The topological polar surface area (TPSA) is 22.1 Å². The van der Waals surface area contributed by atoms with E-state index in [1.807, 2.05) is 36.4 Å². The molecule has 0 amide bonds. The summed E-state index contributed by atoms with van der Waals surface area (Å²) >= 11 is 0. The highest BCUT2D eigenvalue weighted by atomic mass is 16.5. The lowest BCUT2D eigenvalue weighted by molar-refractivity contribution is 0.394. The molecule has 0 saturated heterocycles. The van der Waals surface area contributed by atoms with E-state index in [0.717, 1.165) is 23.2 Å². The Bertz CT molecular complexity index is 708. The van der Waals surface area contributed by atoms with Crippen LogP contribution in [0.5, 0.6) is 5.88 Å². The fourth-order valence-electron chi connectivity index (χ4n) is 2.37. The summed E-state index contributed by atoms with van der Waals surface area (Å²) in [5.41, 5.74) is 4.39. The van der Waals surface area contributed by atoms with Gasteiger partial charge >= 0.3 is 0 Å². The highest BCUT2D eigenvalue weighted by Gasteiger charge is 2.08. The monoisotopic (exact) mass is 275 g/mol. The summed E-state index contributed by atoms with van der Waals surface area (Å²) in [6, 6.07) is 24.6. The minimum atomic E-state index is 0.695. The molecule has 0 aliphatic carbocycles. The minimum Gasteiger partial charge on any atom is -0.481 e. The quantitative estimate of drug-likeness (QED) is 0.706. The normalized spacial score (nSPS) is 10.3. The average molecular weight is 275 g/mol. The molecule has 0 spiro atoms. The van der Waals surface area contributed by atoms with E-state index in [1.54, 1.807) is 7.11 Å². The van der Waals surface area contributed by atoms with Gasteiger partial charge in [0.2, 0.25) is 5.88 Å². The molecule has 2 nitrogen and oxygen atoms in total. The number of pyridine rings is 1. The molecule has 0 saturated carbocycles. The van der Waals surface area contributed by atoms with Gasteiger partial charge in [-0.2, -0.15) is 0 Å². The molecule has 0 aliphatic rings. The van der Waals surface area contributed by atoms with Crippen LogP contribution in [0.3, 0.4) is 0 Å². The van der Waals surface area contributed by atoms with Gasteiger partial charge in [0.05, 0.1) is 12.8 Å². The van der Waals surface area contributed by atoms with E-state index >= 15 is 0 Å². The Morgan fingerprint density at radius 1 is 0.810 bits per heavy atom. The molecule has 2 heteroatoms. The lowest BCUT2D eigenvalue weighted by Gasteiger charge is -2.10. The molecule has 0 atom stereocenters. The van der Waals surface area contributed by atoms with Crippen LogP contribution < -0.4 is 4.74 Å². The van der Waals surface area contributed by atoms with E-state index in [-0.39, 0.29) is 0 Å². The fraction of sp³-hybridized carbons (Fsp3) is 0.105. The Balaban J connectivity index is 1.93. The van der Waals surface area contributed by atoms with Crippen LogP contribution >= 0.6 is 0 Å². The first-order chi connectivity index (χ1) is 10.4. The first-order valence-corrected chi connectivity index (χ1v) is 7.00. The fourth-order valence-corrected chi connectivity index (χ4v) is 2.37. The summed E-state index contributed by atoms with van der Waals surface area (Å²) in [7, 11) is 1.67. The van der Waals surface area contributed by atoms with Crippen molar-refractivity contribution in [3.8, 4) is 17.1 Å². The number of hydrogen-bond acceptors (Lipinski definition) is 2. The largest absolute Gasteiger partial charge is 0.481 e. The number of rotatable bonds is 4. The number of hydrogen-bond donors (Lipinski definition) is 0. The maximum atomic E-state index is 5.47. The Hall–Kier alpha value is -2.61. The Morgan fingerprint density at radius 3 is 2.14 bits per heavy atom. The van der Waals surface area contributed by atoms with E-state index in [9.17, 15) is 0 Å². The van der Waals surface area contributed by atoms with Crippen molar-refractivity contribution >= 4 is 0 Å². The smallest absolute Gasteiger partial charge is 0.217 e. The standard InChI is InChI=1S/C19H17NO/c1-21-19-17(14-15-8-4-2-5-9-15)12-13-18(20-19)16-10-6-3-7-11-16/h2-13H,14H2,1H3. The van der Waals surface area contributed by atoms with Crippen molar-refractivity contribution in [2.24, 2.45) is 0 Å². The third-order valence-electron chi connectivity index (χ3n) is 3.44. The molecule has 2 aromatic carbocycles. The van der Waals surface area contributed by atoms with Crippen LogP contribution in [0, 0.1) is 0 Å². The SMILES string of the molecule is COc1nc(-c2ccccc2)ccc1Cc1ccccc1. The predicted molar refractivity (Wildman–Crippen MR) is 85.5 cm³/mol. The van der Waals surface area contributed by atoms with Crippen molar-refractivity contribution in [3.63, 3.8) is 0 Å². The number of nitrogens with zero attached hydrogens (tertiary/aromatic N) is 1. The van der Waals surface area contributed by atoms with E-state index in [1.165, 1.54) is 5.56 Å². The van der Waals surface area contributed by atoms with E-state index in [4.69, 9.17) is 4.74 Å². The Morgan fingerprint density at radius 2 is 1.48 bits per heavy atom. The highest BCUT2D eigenvalue weighted by Crippen LogP contribution is 2.24. The predicted octanol–water partition coefficient (Wildman–Crippen LogP) is 4.35. The van der Waals surface area contributed by atoms with Crippen LogP contribution in [0.2, 0.25) is 0 Å². The third kappa shape index (κ3) is 3.11. The van der Waals surface area contributed by atoms with Gasteiger partial charge in [-0.1, -0.05) is 66.7 Å². The van der Waals surface area contributed by atoms with Crippen molar-refractivity contribution < 1.29 is 4.74 Å². The van der Waals surface area contributed by atoms with Crippen molar-refractivity contribution in [2.75, 3.05) is 7.11 Å². The van der Waals surface area contributed by atoms with Crippen molar-refractivity contribution in [2.45, 2.75) is 6.42 Å². The van der Waals surface area contributed by atoms with Crippen LogP contribution in [-0.4, -0.2) is 12.1 Å². The molecule has 0 aliphatic heterocycles. The number of ether oxygens (including phenoxy) is 1. The number of aromatic nitrogens is 1. The molecule has 0 N–H and O–H groups in total. The molecular weight excluding hydrogens is 258 g/mol. The molecule has 0 fully saturated rings. The maximum Gasteiger partial charge on any atom is 0.217 e. The molecule has 0 radical (unpaired) electrons. The van der Waals surface area contributed by atoms with Crippen LogP contribution in [-0.2, 0) is 6.42 Å². The molecule has 0 unspecified atom stereocenters. The zero-order valence-corrected chi connectivity index (χ0v) is 12.0. The second-order valence-electron chi connectivity index (χ2n) is 4.89. The number of methoxy groups -OCH3 is 1. The zero-order valence-electron chi connectivity index (χ0n) is 12.0. The van der Waals surface area contributed by atoms with Gasteiger partial charge in [0.15, 0.2) is 0 Å². The number of benzene rings is 2. The lowest BCUT2D eigenvalue weighted by Crippen LogP contribution is -1.98. The second kappa shape index (κ2) is 6.23. The zero-order chi connectivity index (χ0) is 14.5. The average Bonchev–Trinajstić information content (AvgIpc) is 2.57. The summed E-state index contributed by atoms with van der Waals surface area (Å²) in [6.45, 7) is 0. The molecule has 1 heterocycles. The maximum absolute atomic E-state index is 5.47. The molecule has 3 aromatic rings. The van der Waals surface area contributed by atoms with Crippen LogP contribution in [0.1, 0.15) is 11.1 Å². The first kappa shape index (κ1) is 13.4. The Kier molecular flexibility index (Phi) is 3.97. The van der Waals surface area contributed by atoms with Gasteiger partial charge in [0, 0.05) is 17.5 Å². The van der Waals surface area contributed by atoms with Gasteiger partial charge in [-0.05, 0) is 11.6 Å². The lowest BCUT2D eigenvalue weighted by atomic mass is 10.0. The first-order valence-electron chi connectivity index (χ1n) is 7.00. The van der Waals surface area contributed by atoms with E-state index in [0.29, 0.717) is 5.88 Å². The molecule has 0 bridgehead atoms. The van der Waals surface area contributed by atoms with Crippen LogP contribution in [0.15, 0.2) is 72.8 Å². The van der Waals surface area contributed by atoms with E-state index in [2.05, 4.69) is 41.4 Å². The van der Waals surface area contributed by atoms with Gasteiger partial charge in [-0.15, -0.1) is 0 Å². The summed E-state index contributed by atoms with van der Waals surface area (Å²) in [5.74, 6) is 0.695. The summed E-state index contributed by atoms with van der Waals surface area (Å²) in [4.78, 5) is 4.64. The summed E-state index contributed by atoms with van der Waals surface area (Å²) in [5, 5.41) is 0. The van der Waals surface area contributed by atoms with Crippen LogP contribution in [0.4, 0.5) is 0 Å². The van der Waals surface area contributed by atoms with E-state index < -0.39 is 0 Å². The molecule has 104 valence electrons. The molecule has 3 rings (SSSR count). The summed E-state index contributed by atoms with van der Waals surface area (Å²) in [6.07, 6.45) is 0.825. The minimum absolute atomic E-state index is 0.695. The molecule has 1 aromatic heterocycles. The second-order valence-corrected chi connectivity index (χ2v) is 4.89. The van der Waals surface area contributed by atoms with Gasteiger partial charge in [0.25, 0.3) is 0 Å². The third-order valence-corrected chi connectivity index (χ3v) is 3.44. The molecular formula is C19H17NO. The van der Waals surface area contributed by atoms with Crippen molar-refractivity contribution in [3.05, 3.63) is 83.9 Å². The van der Waals surface area contributed by atoms with Gasteiger partial charge in [-0.25, -0.2) is 4.98 Å². The van der Waals surface area contributed by atoms with Gasteiger partial charge < -0.3 is 4.74 Å². The highest BCUT2D eigenvalue weighted by molar-refractivity contribution is 5.60. The molecule has 21 heavy (non-hydrogen) atoms. The Labute approximate surface area is 125 Å². The summed E-state index contributed by atoms with van der Waals surface area (Å²) < 4.78 is 5.47. The van der Waals surface area contributed by atoms with Crippen molar-refractivity contribution in [1.29, 1.82) is 0 Å². The van der Waals surface area contributed by atoms with Gasteiger partial charge in [0.1, 0.15) is 0 Å². The van der Waals surface area contributed by atoms with Crippen molar-refractivity contribution in [1.82, 2.24) is 4.98 Å². The van der Waals surface area contributed by atoms with Crippen LogP contribution in [0.25, 0.3) is 11.3 Å².